The molecule has 0 radical (unpaired) electrons. The molecule has 5 heteroatoms. The number of nitrogens with zero attached hydrogens (tertiary/aromatic N) is 2. The van der Waals surface area contributed by atoms with Gasteiger partial charge >= 0.3 is 0 Å². The summed E-state index contributed by atoms with van der Waals surface area (Å²) >= 11 is 14.2. The molecule has 0 atom stereocenters. The van der Waals surface area contributed by atoms with Crippen molar-refractivity contribution >= 4 is 46.0 Å². The van der Waals surface area contributed by atoms with Crippen LogP contribution >= 0.6 is 35.0 Å². The molecule has 108 valence electrons. The first kappa shape index (κ1) is 14.6. The van der Waals surface area contributed by atoms with E-state index in [1.807, 2.05) is 23.9 Å². The van der Waals surface area contributed by atoms with E-state index in [2.05, 4.69) is 21.9 Å². The highest BCUT2D eigenvalue weighted by atomic mass is 35.5. The summed E-state index contributed by atoms with van der Waals surface area (Å²) in [6, 6.07) is 6.46. The van der Waals surface area contributed by atoms with E-state index < -0.39 is 0 Å². The molecule has 20 heavy (non-hydrogen) atoms. The zero-order valence-electron chi connectivity index (χ0n) is 11.5. The molecule has 1 aromatic carbocycles. The maximum atomic E-state index is 6.10. The van der Waals surface area contributed by atoms with Crippen molar-refractivity contribution in [2.24, 2.45) is 0 Å². The largest absolute Gasteiger partial charge is 0.324 e. The fraction of sp³-hybridized carbons (Fsp3) is 0.533. The molecule has 1 fully saturated rings. The van der Waals surface area contributed by atoms with Crippen molar-refractivity contribution in [1.29, 1.82) is 0 Å². The fourth-order valence-electron chi connectivity index (χ4n) is 3.16. The van der Waals surface area contributed by atoms with Crippen LogP contribution in [0.2, 0.25) is 5.02 Å². The fourth-order valence-corrected chi connectivity index (χ4v) is 4.26. The van der Waals surface area contributed by atoms with E-state index in [1.54, 1.807) is 0 Å². The lowest BCUT2D eigenvalue weighted by Crippen LogP contribution is -2.20. The number of benzene rings is 1. The maximum absolute atomic E-state index is 6.10. The average Bonchev–Trinajstić information content (AvgIpc) is 2.84. The van der Waals surface area contributed by atoms with Gasteiger partial charge in [-0.1, -0.05) is 11.6 Å². The minimum Gasteiger partial charge on any atom is -0.324 e. The lowest BCUT2D eigenvalue weighted by molar-refractivity contribution is 0.361. The van der Waals surface area contributed by atoms with Gasteiger partial charge in [-0.25, -0.2) is 4.98 Å². The van der Waals surface area contributed by atoms with Crippen molar-refractivity contribution in [1.82, 2.24) is 9.55 Å². The third kappa shape index (κ3) is 2.68. The molecule has 0 saturated heterocycles. The molecule has 0 bridgehead atoms. The highest BCUT2D eigenvalue weighted by Gasteiger charge is 2.25. The highest BCUT2D eigenvalue weighted by molar-refractivity contribution is 7.99. The van der Waals surface area contributed by atoms with E-state index in [0.717, 1.165) is 27.1 Å². The molecule has 0 N–H and O–H groups in total. The first-order valence-electron chi connectivity index (χ1n) is 6.98. The second-order valence-corrected chi connectivity index (χ2v) is 7.17. The van der Waals surface area contributed by atoms with Gasteiger partial charge in [-0.2, -0.15) is 11.8 Å². The van der Waals surface area contributed by atoms with Gasteiger partial charge in [0.2, 0.25) is 0 Å². The van der Waals surface area contributed by atoms with Crippen LogP contribution in [0.5, 0.6) is 0 Å². The van der Waals surface area contributed by atoms with Crippen LogP contribution in [0.1, 0.15) is 37.5 Å². The van der Waals surface area contributed by atoms with Gasteiger partial charge in [-0.3, -0.25) is 0 Å². The van der Waals surface area contributed by atoms with Gasteiger partial charge in [0.15, 0.2) is 0 Å². The number of hydrogen-bond acceptors (Lipinski definition) is 2. The van der Waals surface area contributed by atoms with E-state index in [-0.39, 0.29) is 0 Å². The van der Waals surface area contributed by atoms with E-state index in [1.165, 1.54) is 25.7 Å². The minimum atomic E-state index is 0.453. The van der Waals surface area contributed by atoms with Crippen LogP contribution in [0, 0.1) is 0 Å². The molecule has 0 aliphatic heterocycles. The van der Waals surface area contributed by atoms with E-state index >= 15 is 0 Å². The van der Waals surface area contributed by atoms with Crippen LogP contribution in [-0.2, 0) is 5.88 Å². The van der Waals surface area contributed by atoms with Gasteiger partial charge in [-0.05, 0) is 50.1 Å². The zero-order valence-corrected chi connectivity index (χ0v) is 13.8. The number of rotatable bonds is 3. The first-order valence-corrected chi connectivity index (χ1v) is 9.18. The van der Waals surface area contributed by atoms with Crippen molar-refractivity contribution in [3.8, 4) is 0 Å². The van der Waals surface area contributed by atoms with E-state index in [9.17, 15) is 0 Å². The standard InChI is InChI=1S/C15H18Cl2N2S/c1-20-12-5-3-11(4-6-12)19-14-7-2-10(17)8-13(14)18-15(19)9-16/h2,7-8,11-12H,3-6,9H2,1H3. The molecular formula is C15H18Cl2N2S. The summed E-state index contributed by atoms with van der Waals surface area (Å²) in [4.78, 5) is 4.65. The van der Waals surface area contributed by atoms with Gasteiger partial charge < -0.3 is 4.57 Å². The third-order valence-corrected chi connectivity index (χ3v) is 5.80. The van der Waals surface area contributed by atoms with Crippen LogP contribution in [0.3, 0.4) is 0 Å². The average molecular weight is 329 g/mol. The summed E-state index contributed by atoms with van der Waals surface area (Å²) < 4.78 is 2.34. The molecule has 3 rings (SSSR count). The Hall–Kier alpha value is -0.380. The summed E-state index contributed by atoms with van der Waals surface area (Å²) in [6.07, 6.45) is 7.19. The predicted octanol–water partition coefficient (Wildman–Crippen LogP) is 5.28. The zero-order chi connectivity index (χ0) is 14.1. The summed E-state index contributed by atoms with van der Waals surface area (Å²) in [6.45, 7) is 0. The van der Waals surface area contributed by atoms with Crippen molar-refractivity contribution in [2.75, 3.05) is 6.26 Å². The van der Waals surface area contributed by atoms with E-state index in [0.29, 0.717) is 11.9 Å². The summed E-state index contributed by atoms with van der Waals surface area (Å²) in [5, 5.41) is 1.55. The second-order valence-electron chi connectivity index (χ2n) is 5.33. The topological polar surface area (TPSA) is 17.8 Å². The quantitative estimate of drug-likeness (QED) is 0.714. The molecule has 1 aromatic heterocycles. The van der Waals surface area contributed by atoms with Crippen LogP contribution in [-0.4, -0.2) is 21.1 Å². The smallest absolute Gasteiger partial charge is 0.125 e. The Kier molecular flexibility index (Phi) is 4.49. The summed E-state index contributed by atoms with van der Waals surface area (Å²) in [5.74, 6) is 1.42. The van der Waals surface area contributed by atoms with Gasteiger partial charge in [-0.15, -0.1) is 11.6 Å². The lowest BCUT2D eigenvalue weighted by atomic mass is 9.94. The molecule has 1 heterocycles. The molecule has 0 unspecified atom stereocenters. The SMILES string of the molecule is CSC1CCC(n2c(CCl)nc3cc(Cl)ccc32)CC1. The number of halogens is 2. The Morgan fingerprint density at radius 2 is 2.05 bits per heavy atom. The highest BCUT2D eigenvalue weighted by Crippen LogP contribution is 2.36. The Morgan fingerprint density at radius 3 is 2.70 bits per heavy atom. The van der Waals surface area contributed by atoms with Gasteiger partial charge in [0.25, 0.3) is 0 Å². The number of fused-ring (bicyclic) bond motifs is 1. The van der Waals surface area contributed by atoms with Crippen molar-refractivity contribution in [3.63, 3.8) is 0 Å². The van der Waals surface area contributed by atoms with Crippen LogP contribution in [0.4, 0.5) is 0 Å². The summed E-state index contributed by atoms with van der Waals surface area (Å²) in [7, 11) is 0. The van der Waals surface area contributed by atoms with Crippen molar-refractivity contribution in [2.45, 2.75) is 42.9 Å². The second kappa shape index (κ2) is 6.17. The Balaban J connectivity index is 1.97. The minimum absolute atomic E-state index is 0.453. The molecule has 0 spiro atoms. The molecule has 1 saturated carbocycles. The van der Waals surface area contributed by atoms with Crippen LogP contribution in [0.15, 0.2) is 18.2 Å². The molecule has 2 aromatic rings. The normalized spacial score (nSPS) is 23.4. The van der Waals surface area contributed by atoms with Crippen molar-refractivity contribution in [3.05, 3.63) is 29.0 Å². The Morgan fingerprint density at radius 1 is 1.30 bits per heavy atom. The number of aromatic nitrogens is 2. The van der Waals surface area contributed by atoms with Crippen LogP contribution < -0.4 is 0 Å². The molecule has 0 amide bonds. The third-order valence-electron chi connectivity index (χ3n) is 4.19. The number of thioether (sulfide) groups is 1. The van der Waals surface area contributed by atoms with Crippen LogP contribution in [0.25, 0.3) is 11.0 Å². The monoisotopic (exact) mass is 328 g/mol. The van der Waals surface area contributed by atoms with Gasteiger partial charge in [0.1, 0.15) is 5.82 Å². The van der Waals surface area contributed by atoms with Gasteiger partial charge in [0, 0.05) is 16.3 Å². The maximum Gasteiger partial charge on any atom is 0.125 e. The molecule has 2 nitrogen and oxygen atoms in total. The molecule has 1 aliphatic rings. The predicted molar refractivity (Wildman–Crippen MR) is 89.1 cm³/mol. The Bertz CT molecular complexity index is 603. The first-order chi connectivity index (χ1) is 9.72. The number of imidazole rings is 1. The van der Waals surface area contributed by atoms with Crippen molar-refractivity contribution < 1.29 is 0 Å². The van der Waals surface area contributed by atoms with E-state index in [4.69, 9.17) is 23.2 Å². The number of alkyl halides is 1. The van der Waals surface area contributed by atoms with Gasteiger partial charge in [0.05, 0.1) is 16.9 Å². The summed E-state index contributed by atoms with van der Waals surface area (Å²) in [5.41, 5.74) is 2.12. The number of hydrogen-bond donors (Lipinski definition) is 0. The lowest BCUT2D eigenvalue weighted by Gasteiger charge is -2.29. The Labute approximate surface area is 133 Å². The molecule has 1 aliphatic carbocycles. The molecular weight excluding hydrogens is 311 g/mol.